The molecule has 1 rings (SSSR count). The number of hydrogen-bond donors (Lipinski definition) is 2. The molecule has 0 aliphatic carbocycles. The van der Waals surface area contributed by atoms with Gasteiger partial charge in [0.2, 0.25) is 0 Å². The third-order valence-corrected chi connectivity index (χ3v) is 6.04. The molecule has 0 aromatic heterocycles. The number of nitrogens with one attached hydrogen (secondary N) is 1. The molecular weight excluding hydrogens is 266 g/mol. The Balaban J connectivity index is 2.55. The van der Waals surface area contributed by atoms with E-state index in [1.54, 1.807) is 0 Å². The molecule has 0 aromatic rings. The highest BCUT2D eigenvalue weighted by atomic mass is 32.2. The summed E-state index contributed by atoms with van der Waals surface area (Å²) in [5, 5.41) is 0. The third-order valence-electron chi connectivity index (χ3n) is 2.64. The summed E-state index contributed by atoms with van der Waals surface area (Å²) in [5.41, 5.74) is 5.30. The highest BCUT2D eigenvalue weighted by Crippen LogP contribution is 2.12. The lowest BCUT2D eigenvalue weighted by Crippen LogP contribution is -2.44. The van der Waals surface area contributed by atoms with Crippen molar-refractivity contribution in [1.82, 2.24) is 9.03 Å². The van der Waals surface area contributed by atoms with Gasteiger partial charge in [0.15, 0.2) is 9.84 Å². The minimum absolute atomic E-state index is 0.0483. The van der Waals surface area contributed by atoms with Crippen LogP contribution in [0.1, 0.15) is 12.8 Å². The summed E-state index contributed by atoms with van der Waals surface area (Å²) < 4.78 is 49.5. The van der Waals surface area contributed by atoms with Crippen LogP contribution in [0.3, 0.4) is 0 Å². The molecule has 0 spiro atoms. The second-order valence-electron chi connectivity index (χ2n) is 4.19. The van der Waals surface area contributed by atoms with E-state index in [2.05, 4.69) is 4.72 Å². The Morgan fingerprint density at radius 3 is 2.59 bits per heavy atom. The fourth-order valence-electron chi connectivity index (χ4n) is 1.62. The fourth-order valence-corrected chi connectivity index (χ4v) is 4.57. The predicted molar refractivity (Wildman–Crippen MR) is 65.4 cm³/mol. The van der Waals surface area contributed by atoms with E-state index in [9.17, 15) is 16.8 Å². The summed E-state index contributed by atoms with van der Waals surface area (Å²) in [5.74, 6) is -0.0658. The van der Waals surface area contributed by atoms with Gasteiger partial charge in [-0.15, -0.1) is 0 Å². The van der Waals surface area contributed by atoms with Crippen molar-refractivity contribution in [2.75, 3.05) is 31.6 Å². The smallest absolute Gasteiger partial charge is 0.279 e. The van der Waals surface area contributed by atoms with Gasteiger partial charge < -0.3 is 5.73 Å². The van der Waals surface area contributed by atoms with E-state index in [4.69, 9.17) is 5.73 Å². The van der Waals surface area contributed by atoms with Gasteiger partial charge in [-0.05, 0) is 19.4 Å². The Labute approximate surface area is 102 Å². The Hall–Kier alpha value is -0.220. The minimum atomic E-state index is -3.60. The van der Waals surface area contributed by atoms with E-state index in [-0.39, 0.29) is 11.5 Å². The van der Waals surface area contributed by atoms with Gasteiger partial charge in [0, 0.05) is 19.6 Å². The SMILES string of the molecule is CN(CCCN)S(=O)(=O)NC1CCS(=O)(=O)C1. The van der Waals surface area contributed by atoms with E-state index < -0.39 is 26.1 Å². The molecule has 1 aliphatic rings. The third kappa shape index (κ3) is 4.51. The van der Waals surface area contributed by atoms with Crippen molar-refractivity contribution in [3.05, 3.63) is 0 Å². The summed E-state index contributed by atoms with van der Waals surface area (Å²) in [6, 6.07) is -0.509. The van der Waals surface area contributed by atoms with Crippen LogP contribution in [0, 0.1) is 0 Å². The molecule has 3 N–H and O–H groups in total. The van der Waals surface area contributed by atoms with Crippen molar-refractivity contribution < 1.29 is 16.8 Å². The van der Waals surface area contributed by atoms with Gasteiger partial charge in [0.05, 0.1) is 11.5 Å². The molecule has 1 saturated heterocycles. The second kappa shape index (κ2) is 5.61. The maximum Gasteiger partial charge on any atom is 0.279 e. The molecule has 0 radical (unpaired) electrons. The standard InChI is InChI=1S/C8H19N3O4S2/c1-11(5-2-4-9)17(14,15)10-8-3-6-16(12,13)7-8/h8,10H,2-7,9H2,1H3. The Morgan fingerprint density at radius 2 is 2.12 bits per heavy atom. The van der Waals surface area contributed by atoms with Crippen molar-refractivity contribution in [2.24, 2.45) is 5.73 Å². The first-order valence-electron chi connectivity index (χ1n) is 5.41. The molecule has 9 heteroatoms. The van der Waals surface area contributed by atoms with Crippen LogP contribution >= 0.6 is 0 Å². The summed E-state index contributed by atoms with van der Waals surface area (Å²) in [6.45, 7) is 0.739. The van der Waals surface area contributed by atoms with E-state index >= 15 is 0 Å². The summed E-state index contributed by atoms with van der Waals surface area (Å²) in [7, 11) is -5.23. The van der Waals surface area contributed by atoms with Gasteiger partial charge in [-0.2, -0.15) is 17.4 Å². The first kappa shape index (κ1) is 14.8. The lowest BCUT2D eigenvalue weighted by Gasteiger charge is -2.19. The lowest BCUT2D eigenvalue weighted by molar-refractivity contribution is 0.445. The van der Waals surface area contributed by atoms with Gasteiger partial charge in [-0.1, -0.05) is 0 Å². The Morgan fingerprint density at radius 1 is 1.47 bits per heavy atom. The van der Waals surface area contributed by atoms with Crippen LogP contribution in [0.5, 0.6) is 0 Å². The molecule has 17 heavy (non-hydrogen) atoms. The normalized spacial score (nSPS) is 24.3. The van der Waals surface area contributed by atoms with Gasteiger partial charge >= 0.3 is 0 Å². The number of sulfone groups is 1. The van der Waals surface area contributed by atoms with Crippen molar-refractivity contribution in [1.29, 1.82) is 0 Å². The molecule has 7 nitrogen and oxygen atoms in total. The van der Waals surface area contributed by atoms with Crippen molar-refractivity contribution in [2.45, 2.75) is 18.9 Å². The first-order chi connectivity index (χ1) is 7.77. The molecule has 1 heterocycles. The molecule has 0 bridgehead atoms. The minimum Gasteiger partial charge on any atom is -0.330 e. The molecule has 102 valence electrons. The number of nitrogens with two attached hydrogens (primary N) is 1. The molecule has 0 saturated carbocycles. The maximum absolute atomic E-state index is 11.8. The van der Waals surface area contributed by atoms with Crippen molar-refractivity contribution >= 4 is 20.0 Å². The average Bonchev–Trinajstić information content (AvgIpc) is 2.53. The van der Waals surface area contributed by atoms with E-state index in [0.29, 0.717) is 25.9 Å². The zero-order valence-electron chi connectivity index (χ0n) is 9.79. The highest BCUT2D eigenvalue weighted by Gasteiger charge is 2.31. The predicted octanol–water partition coefficient (Wildman–Crippen LogP) is -1.71. The molecule has 1 fully saturated rings. The van der Waals surface area contributed by atoms with Crippen LogP contribution in [0.15, 0.2) is 0 Å². The lowest BCUT2D eigenvalue weighted by atomic mass is 10.3. The van der Waals surface area contributed by atoms with Gasteiger partial charge in [0.25, 0.3) is 10.2 Å². The van der Waals surface area contributed by atoms with Crippen LogP contribution < -0.4 is 10.5 Å². The number of nitrogens with zero attached hydrogens (tertiary/aromatic N) is 1. The van der Waals surface area contributed by atoms with Crippen LogP contribution in [-0.4, -0.2) is 58.8 Å². The molecule has 1 atom stereocenters. The second-order valence-corrected chi connectivity index (χ2v) is 8.22. The summed E-state index contributed by atoms with van der Waals surface area (Å²) in [4.78, 5) is 0. The molecule has 0 aromatic carbocycles. The van der Waals surface area contributed by atoms with E-state index in [1.807, 2.05) is 0 Å². The van der Waals surface area contributed by atoms with Crippen LogP contribution in [0.4, 0.5) is 0 Å². The van der Waals surface area contributed by atoms with Gasteiger partial charge in [-0.3, -0.25) is 0 Å². The highest BCUT2D eigenvalue weighted by molar-refractivity contribution is 7.91. The molecular formula is C8H19N3O4S2. The van der Waals surface area contributed by atoms with Crippen LogP contribution in [0.25, 0.3) is 0 Å². The maximum atomic E-state index is 11.8. The van der Waals surface area contributed by atoms with Gasteiger partial charge in [0.1, 0.15) is 0 Å². The quantitative estimate of drug-likeness (QED) is 0.604. The van der Waals surface area contributed by atoms with E-state index in [1.165, 1.54) is 7.05 Å². The Bertz CT molecular complexity index is 445. The zero-order valence-corrected chi connectivity index (χ0v) is 11.4. The Kier molecular flexibility index (Phi) is 4.90. The molecule has 0 amide bonds. The fraction of sp³-hybridized carbons (Fsp3) is 1.00. The monoisotopic (exact) mass is 285 g/mol. The summed E-state index contributed by atoms with van der Waals surface area (Å²) in [6.07, 6.45) is 0.909. The first-order valence-corrected chi connectivity index (χ1v) is 8.67. The largest absolute Gasteiger partial charge is 0.330 e. The zero-order chi connectivity index (χ0) is 13.1. The summed E-state index contributed by atoms with van der Waals surface area (Å²) >= 11 is 0. The van der Waals surface area contributed by atoms with Gasteiger partial charge in [-0.25, -0.2) is 8.42 Å². The van der Waals surface area contributed by atoms with Crippen LogP contribution in [-0.2, 0) is 20.0 Å². The molecule has 1 unspecified atom stereocenters. The number of rotatable bonds is 6. The van der Waals surface area contributed by atoms with Crippen LogP contribution in [0.2, 0.25) is 0 Å². The topological polar surface area (TPSA) is 110 Å². The van der Waals surface area contributed by atoms with E-state index in [0.717, 1.165) is 4.31 Å². The van der Waals surface area contributed by atoms with Crippen molar-refractivity contribution in [3.8, 4) is 0 Å². The van der Waals surface area contributed by atoms with Crippen molar-refractivity contribution in [3.63, 3.8) is 0 Å². The molecule has 1 aliphatic heterocycles. The average molecular weight is 285 g/mol. The number of hydrogen-bond acceptors (Lipinski definition) is 5.